The normalized spacial score (nSPS) is 22.0. The van der Waals surface area contributed by atoms with Crippen LogP contribution in [0.1, 0.15) is 52.5 Å². The van der Waals surface area contributed by atoms with Crippen molar-refractivity contribution in [3.8, 4) is 0 Å². The fourth-order valence-corrected chi connectivity index (χ4v) is 6.30. The zero-order valence-corrected chi connectivity index (χ0v) is 18.8. The molecule has 0 radical (unpaired) electrons. The summed E-state index contributed by atoms with van der Waals surface area (Å²) in [5, 5.41) is 0.883. The molecular formula is C19H32N4O3S2. The number of carbonyl (C=O) groups excluding carboxylic acids is 1. The molecule has 1 aromatic rings. The molecule has 0 spiro atoms. The van der Waals surface area contributed by atoms with E-state index in [0.717, 1.165) is 43.2 Å². The lowest BCUT2D eigenvalue weighted by Gasteiger charge is -2.39. The average Bonchev–Trinajstić information content (AvgIpc) is 2.99. The standard InChI is InChI=1S/C19H32N4O3S2/c1-15-18(27-16(2)20-15)19(24)22-11-7-8-17(14-22)23(28(3,25)26)13-12-21-9-5-4-6-10-21/h17H,4-14H2,1-3H3. The molecule has 2 aliphatic heterocycles. The van der Waals surface area contributed by atoms with Crippen LogP contribution in [-0.2, 0) is 10.0 Å². The molecule has 0 aromatic carbocycles. The van der Waals surface area contributed by atoms with E-state index in [2.05, 4.69) is 9.88 Å². The summed E-state index contributed by atoms with van der Waals surface area (Å²) in [6.07, 6.45) is 6.57. The van der Waals surface area contributed by atoms with E-state index >= 15 is 0 Å². The van der Waals surface area contributed by atoms with Gasteiger partial charge in [-0.05, 0) is 52.6 Å². The number of hydrogen-bond acceptors (Lipinski definition) is 6. The zero-order valence-electron chi connectivity index (χ0n) is 17.2. The molecular weight excluding hydrogens is 396 g/mol. The molecule has 1 atom stereocenters. The summed E-state index contributed by atoms with van der Waals surface area (Å²) in [5.41, 5.74) is 0.764. The van der Waals surface area contributed by atoms with Crippen molar-refractivity contribution in [3.63, 3.8) is 0 Å². The number of piperidine rings is 2. The van der Waals surface area contributed by atoms with Crippen LogP contribution in [0, 0.1) is 13.8 Å². The van der Waals surface area contributed by atoms with E-state index in [1.54, 1.807) is 4.31 Å². The number of likely N-dealkylation sites (tertiary alicyclic amines) is 2. The monoisotopic (exact) mass is 428 g/mol. The molecule has 0 aliphatic carbocycles. The van der Waals surface area contributed by atoms with Crippen LogP contribution < -0.4 is 0 Å². The molecule has 1 unspecified atom stereocenters. The number of sulfonamides is 1. The lowest BCUT2D eigenvalue weighted by atomic mass is 10.1. The summed E-state index contributed by atoms with van der Waals surface area (Å²) in [7, 11) is -3.32. The maximum atomic E-state index is 13.0. The number of aryl methyl sites for hydroxylation is 2. The number of amides is 1. The number of carbonyl (C=O) groups is 1. The molecule has 1 amide bonds. The first-order valence-electron chi connectivity index (χ1n) is 10.2. The van der Waals surface area contributed by atoms with Gasteiger partial charge in [-0.2, -0.15) is 4.31 Å². The third kappa shape index (κ3) is 5.31. The Kier molecular flexibility index (Phi) is 7.12. The predicted molar refractivity (Wildman–Crippen MR) is 112 cm³/mol. The van der Waals surface area contributed by atoms with E-state index in [1.165, 1.54) is 36.9 Å². The summed E-state index contributed by atoms with van der Waals surface area (Å²) in [6.45, 7) is 8.28. The highest BCUT2D eigenvalue weighted by atomic mass is 32.2. The number of thiazole rings is 1. The Labute approximate surface area is 172 Å². The molecule has 0 N–H and O–H groups in total. The molecule has 28 heavy (non-hydrogen) atoms. The molecule has 2 saturated heterocycles. The summed E-state index contributed by atoms with van der Waals surface area (Å²) in [4.78, 5) is 22.2. The molecule has 3 rings (SSSR count). The Morgan fingerprint density at radius 3 is 2.50 bits per heavy atom. The van der Waals surface area contributed by atoms with Gasteiger partial charge in [-0.15, -0.1) is 11.3 Å². The SMILES string of the molecule is Cc1nc(C)c(C(=O)N2CCCC(N(CCN3CCCCC3)S(C)(=O)=O)C2)s1. The topological polar surface area (TPSA) is 73.8 Å². The van der Waals surface area contributed by atoms with Crippen LogP contribution in [0.5, 0.6) is 0 Å². The van der Waals surface area contributed by atoms with Gasteiger partial charge in [0.1, 0.15) is 4.88 Å². The maximum Gasteiger partial charge on any atom is 0.265 e. The van der Waals surface area contributed by atoms with Crippen LogP contribution in [0.15, 0.2) is 0 Å². The fraction of sp³-hybridized carbons (Fsp3) is 0.789. The Bertz CT molecular complexity index is 787. The number of aromatic nitrogens is 1. The van der Waals surface area contributed by atoms with E-state index in [0.29, 0.717) is 24.5 Å². The predicted octanol–water partition coefficient (Wildman–Crippen LogP) is 2.11. The molecule has 7 nitrogen and oxygen atoms in total. The number of nitrogens with zero attached hydrogens (tertiary/aromatic N) is 4. The minimum absolute atomic E-state index is 0.0164. The third-order valence-electron chi connectivity index (χ3n) is 5.70. The van der Waals surface area contributed by atoms with Crippen molar-refractivity contribution < 1.29 is 13.2 Å². The largest absolute Gasteiger partial charge is 0.336 e. The van der Waals surface area contributed by atoms with E-state index in [-0.39, 0.29) is 11.9 Å². The molecule has 9 heteroatoms. The van der Waals surface area contributed by atoms with Crippen molar-refractivity contribution in [1.29, 1.82) is 0 Å². The molecule has 0 saturated carbocycles. The zero-order chi connectivity index (χ0) is 20.3. The van der Waals surface area contributed by atoms with E-state index in [4.69, 9.17) is 0 Å². The van der Waals surface area contributed by atoms with Crippen LogP contribution in [0.25, 0.3) is 0 Å². The van der Waals surface area contributed by atoms with Gasteiger partial charge in [0.25, 0.3) is 5.91 Å². The van der Waals surface area contributed by atoms with Gasteiger partial charge in [0.2, 0.25) is 10.0 Å². The maximum absolute atomic E-state index is 13.0. The molecule has 0 bridgehead atoms. The Balaban J connectivity index is 1.68. The van der Waals surface area contributed by atoms with E-state index in [9.17, 15) is 13.2 Å². The smallest absolute Gasteiger partial charge is 0.265 e. The molecule has 158 valence electrons. The van der Waals surface area contributed by atoms with Gasteiger partial charge in [-0.3, -0.25) is 4.79 Å². The van der Waals surface area contributed by atoms with Crippen LogP contribution in [0.3, 0.4) is 0 Å². The highest BCUT2D eigenvalue weighted by Crippen LogP contribution is 2.24. The second kappa shape index (κ2) is 9.19. The van der Waals surface area contributed by atoms with Crippen molar-refractivity contribution in [2.45, 2.75) is 52.0 Å². The number of hydrogen-bond donors (Lipinski definition) is 0. The van der Waals surface area contributed by atoms with Crippen molar-refractivity contribution in [3.05, 3.63) is 15.6 Å². The van der Waals surface area contributed by atoms with Gasteiger partial charge in [0.05, 0.1) is 17.0 Å². The van der Waals surface area contributed by atoms with E-state index < -0.39 is 10.0 Å². The Hall–Kier alpha value is -1.03. The van der Waals surface area contributed by atoms with Crippen LogP contribution in [0.2, 0.25) is 0 Å². The van der Waals surface area contributed by atoms with Gasteiger partial charge < -0.3 is 9.80 Å². The van der Waals surface area contributed by atoms with Crippen molar-refractivity contribution in [2.75, 3.05) is 45.5 Å². The Morgan fingerprint density at radius 1 is 1.18 bits per heavy atom. The van der Waals surface area contributed by atoms with Crippen molar-refractivity contribution in [2.24, 2.45) is 0 Å². The molecule has 2 aliphatic rings. The molecule has 3 heterocycles. The van der Waals surface area contributed by atoms with Gasteiger partial charge in [-0.1, -0.05) is 6.42 Å². The van der Waals surface area contributed by atoms with E-state index in [1.807, 2.05) is 18.7 Å². The van der Waals surface area contributed by atoms with Crippen molar-refractivity contribution in [1.82, 2.24) is 19.1 Å². The average molecular weight is 429 g/mol. The summed E-state index contributed by atoms with van der Waals surface area (Å²) in [5.74, 6) is -0.0164. The second-order valence-corrected chi connectivity index (χ2v) is 11.1. The summed E-state index contributed by atoms with van der Waals surface area (Å²) < 4.78 is 26.6. The van der Waals surface area contributed by atoms with Gasteiger partial charge in [-0.25, -0.2) is 13.4 Å². The van der Waals surface area contributed by atoms with Gasteiger partial charge >= 0.3 is 0 Å². The van der Waals surface area contributed by atoms with Crippen LogP contribution in [-0.4, -0.2) is 85.0 Å². The minimum atomic E-state index is -3.32. The van der Waals surface area contributed by atoms with Crippen LogP contribution in [0.4, 0.5) is 0 Å². The second-order valence-electron chi connectivity index (χ2n) is 7.97. The minimum Gasteiger partial charge on any atom is -0.336 e. The number of rotatable bonds is 6. The molecule has 1 aromatic heterocycles. The molecule has 2 fully saturated rings. The fourth-order valence-electron chi connectivity index (χ4n) is 4.29. The highest BCUT2D eigenvalue weighted by molar-refractivity contribution is 7.88. The van der Waals surface area contributed by atoms with Crippen molar-refractivity contribution >= 4 is 27.3 Å². The highest BCUT2D eigenvalue weighted by Gasteiger charge is 2.34. The Morgan fingerprint density at radius 2 is 1.89 bits per heavy atom. The summed E-state index contributed by atoms with van der Waals surface area (Å²) >= 11 is 1.42. The lowest BCUT2D eigenvalue weighted by Crippen LogP contribution is -2.53. The quantitative estimate of drug-likeness (QED) is 0.694. The first-order valence-corrected chi connectivity index (χ1v) is 12.8. The van der Waals surface area contributed by atoms with Gasteiger partial charge in [0.15, 0.2) is 0 Å². The first kappa shape index (κ1) is 21.7. The third-order valence-corrected chi connectivity index (χ3v) is 8.09. The van der Waals surface area contributed by atoms with Crippen LogP contribution >= 0.6 is 11.3 Å². The summed E-state index contributed by atoms with van der Waals surface area (Å²) in [6, 6.07) is -0.146. The lowest BCUT2D eigenvalue weighted by molar-refractivity contribution is 0.0651. The first-order chi connectivity index (χ1) is 13.3. The van der Waals surface area contributed by atoms with Gasteiger partial charge in [0, 0.05) is 32.2 Å².